The fraction of sp³-hybridized carbons (Fsp3) is 0.471. The Bertz CT molecular complexity index is 657. The minimum Gasteiger partial charge on any atom is -0.475 e. The van der Waals surface area contributed by atoms with Crippen molar-refractivity contribution in [1.29, 1.82) is 0 Å². The first-order chi connectivity index (χ1) is 12.2. The number of ether oxygens (including phenoxy) is 2. The van der Waals surface area contributed by atoms with Crippen molar-refractivity contribution in [1.82, 2.24) is 20.6 Å². The van der Waals surface area contributed by atoms with E-state index >= 15 is 0 Å². The average molecular weight is 363 g/mol. The van der Waals surface area contributed by atoms with E-state index in [1.807, 2.05) is 18.3 Å². The van der Waals surface area contributed by atoms with Gasteiger partial charge in [0.2, 0.25) is 5.88 Å². The second-order valence-electron chi connectivity index (χ2n) is 5.31. The number of thiazole rings is 1. The second-order valence-corrected chi connectivity index (χ2v) is 6.63. The van der Waals surface area contributed by atoms with Crippen LogP contribution in [0.5, 0.6) is 5.88 Å². The van der Waals surface area contributed by atoms with Gasteiger partial charge < -0.3 is 20.1 Å². The molecule has 0 amide bonds. The molecule has 0 radical (unpaired) electrons. The third-order valence-electron chi connectivity index (χ3n) is 3.32. The van der Waals surface area contributed by atoms with E-state index in [0.29, 0.717) is 25.6 Å². The second kappa shape index (κ2) is 10.6. The van der Waals surface area contributed by atoms with E-state index in [2.05, 4.69) is 32.5 Å². The zero-order valence-corrected chi connectivity index (χ0v) is 15.7. The lowest BCUT2D eigenvalue weighted by molar-refractivity contribution is 0.143. The highest BCUT2D eigenvalue weighted by Crippen LogP contribution is 2.11. The van der Waals surface area contributed by atoms with Gasteiger partial charge in [-0.25, -0.2) is 9.97 Å². The predicted octanol–water partition coefficient (Wildman–Crippen LogP) is 1.78. The van der Waals surface area contributed by atoms with Crippen molar-refractivity contribution in [3.05, 3.63) is 40.0 Å². The number of aliphatic imine (C=N–C) groups is 1. The standard InChI is InChI=1S/C17H25N5O2S/c1-13-10-21-16(25-13)6-7-19-17(18-2)22-12-14-4-5-15(20-11-14)24-9-8-23-3/h4-5,10-11H,6-9,12H2,1-3H3,(H2,18,19,22). The normalized spacial score (nSPS) is 11.4. The van der Waals surface area contributed by atoms with E-state index in [0.717, 1.165) is 29.5 Å². The van der Waals surface area contributed by atoms with Crippen LogP contribution in [0, 0.1) is 6.92 Å². The molecule has 0 aliphatic heterocycles. The van der Waals surface area contributed by atoms with Crippen molar-refractivity contribution >= 4 is 17.3 Å². The van der Waals surface area contributed by atoms with Crippen molar-refractivity contribution in [3.63, 3.8) is 0 Å². The maximum Gasteiger partial charge on any atom is 0.213 e. The number of aryl methyl sites for hydroxylation is 1. The number of aromatic nitrogens is 2. The highest BCUT2D eigenvalue weighted by molar-refractivity contribution is 7.11. The van der Waals surface area contributed by atoms with Crippen LogP contribution in [0.25, 0.3) is 0 Å². The van der Waals surface area contributed by atoms with Crippen molar-refractivity contribution in [3.8, 4) is 5.88 Å². The fourth-order valence-electron chi connectivity index (χ4n) is 2.04. The molecule has 0 aliphatic carbocycles. The van der Waals surface area contributed by atoms with Gasteiger partial charge in [-0.3, -0.25) is 4.99 Å². The fourth-order valence-corrected chi connectivity index (χ4v) is 2.83. The summed E-state index contributed by atoms with van der Waals surface area (Å²) < 4.78 is 10.4. The molecular formula is C17H25N5O2S. The topological polar surface area (TPSA) is 80.7 Å². The smallest absolute Gasteiger partial charge is 0.213 e. The molecule has 7 nitrogen and oxygen atoms in total. The Morgan fingerprint density at radius 2 is 2.08 bits per heavy atom. The first-order valence-electron chi connectivity index (χ1n) is 8.13. The minimum atomic E-state index is 0.496. The highest BCUT2D eigenvalue weighted by Gasteiger charge is 2.02. The number of hydrogen-bond acceptors (Lipinski definition) is 6. The molecule has 136 valence electrons. The monoisotopic (exact) mass is 363 g/mol. The zero-order chi connectivity index (χ0) is 17.9. The molecule has 0 aliphatic rings. The van der Waals surface area contributed by atoms with Crippen LogP contribution in [0.4, 0.5) is 0 Å². The Balaban J connectivity index is 1.70. The molecule has 2 aromatic rings. The Morgan fingerprint density at radius 1 is 1.20 bits per heavy atom. The van der Waals surface area contributed by atoms with Crippen LogP contribution >= 0.6 is 11.3 Å². The van der Waals surface area contributed by atoms with Gasteiger partial charge in [0.15, 0.2) is 5.96 Å². The van der Waals surface area contributed by atoms with Gasteiger partial charge in [-0.05, 0) is 12.5 Å². The number of rotatable bonds is 9. The van der Waals surface area contributed by atoms with Gasteiger partial charge >= 0.3 is 0 Å². The van der Waals surface area contributed by atoms with Crippen LogP contribution in [0.2, 0.25) is 0 Å². The lowest BCUT2D eigenvalue weighted by Crippen LogP contribution is -2.37. The number of nitrogens with one attached hydrogen (secondary N) is 2. The summed E-state index contributed by atoms with van der Waals surface area (Å²) in [5, 5.41) is 7.69. The van der Waals surface area contributed by atoms with Crippen molar-refractivity contribution in [2.24, 2.45) is 4.99 Å². The maximum atomic E-state index is 5.45. The van der Waals surface area contributed by atoms with Gasteiger partial charge in [-0.1, -0.05) is 6.07 Å². The molecule has 0 spiro atoms. The summed E-state index contributed by atoms with van der Waals surface area (Å²) in [6, 6.07) is 3.83. The molecule has 2 N–H and O–H groups in total. The third-order valence-corrected chi connectivity index (χ3v) is 4.29. The molecule has 0 saturated heterocycles. The molecule has 2 heterocycles. The van der Waals surface area contributed by atoms with Gasteiger partial charge in [0.1, 0.15) is 6.61 Å². The van der Waals surface area contributed by atoms with Crippen LogP contribution in [0.15, 0.2) is 29.5 Å². The summed E-state index contributed by atoms with van der Waals surface area (Å²) in [4.78, 5) is 14.1. The van der Waals surface area contributed by atoms with Crippen LogP contribution in [-0.2, 0) is 17.7 Å². The molecule has 0 aromatic carbocycles. The average Bonchev–Trinajstić information content (AvgIpc) is 3.04. The van der Waals surface area contributed by atoms with Gasteiger partial charge in [-0.15, -0.1) is 11.3 Å². The van der Waals surface area contributed by atoms with E-state index in [1.54, 1.807) is 31.7 Å². The minimum absolute atomic E-state index is 0.496. The van der Waals surface area contributed by atoms with Crippen molar-refractivity contribution in [2.75, 3.05) is 33.9 Å². The molecule has 8 heteroatoms. The number of methoxy groups -OCH3 is 1. The Labute approximate surface area is 152 Å². The summed E-state index contributed by atoms with van der Waals surface area (Å²) in [5.41, 5.74) is 1.05. The third kappa shape index (κ3) is 7.06. The molecular weight excluding hydrogens is 338 g/mol. The largest absolute Gasteiger partial charge is 0.475 e. The van der Waals surface area contributed by atoms with Crippen LogP contribution in [0.1, 0.15) is 15.4 Å². The molecule has 2 rings (SSSR count). The lowest BCUT2D eigenvalue weighted by Gasteiger charge is -2.11. The van der Waals surface area contributed by atoms with Crippen molar-refractivity contribution < 1.29 is 9.47 Å². The first-order valence-corrected chi connectivity index (χ1v) is 8.95. The van der Waals surface area contributed by atoms with E-state index < -0.39 is 0 Å². The number of nitrogens with zero attached hydrogens (tertiary/aromatic N) is 3. The van der Waals surface area contributed by atoms with Crippen LogP contribution in [0.3, 0.4) is 0 Å². The van der Waals surface area contributed by atoms with E-state index in [1.165, 1.54) is 4.88 Å². The SMILES string of the molecule is CN=C(NCCc1ncc(C)s1)NCc1ccc(OCCOC)nc1. The van der Waals surface area contributed by atoms with Crippen molar-refractivity contribution in [2.45, 2.75) is 19.9 Å². The molecule has 0 unspecified atom stereocenters. The van der Waals surface area contributed by atoms with E-state index in [9.17, 15) is 0 Å². The van der Waals surface area contributed by atoms with Crippen LogP contribution in [-0.4, -0.2) is 49.8 Å². The number of pyridine rings is 1. The lowest BCUT2D eigenvalue weighted by atomic mass is 10.3. The summed E-state index contributed by atoms with van der Waals surface area (Å²) in [6.45, 7) is 4.54. The van der Waals surface area contributed by atoms with Gasteiger partial charge in [0.05, 0.1) is 11.6 Å². The quantitative estimate of drug-likeness (QED) is 0.402. The predicted molar refractivity (Wildman–Crippen MR) is 100 cm³/mol. The molecule has 2 aromatic heterocycles. The summed E-state index contributed by atoms with van der Waals surface area (Å²) in [5.74, 6) is 1.36. The van der Waals surface area contributed by atoms with E-state index in [4.69, 9.17) is 9.47 Å². The maximum absolute atomic E-state index is 5.45. The van der Waals surface area contributed by atoms with E-state index in [-0.39, 0.29) is 0 Å². The number of hydrogen-bond donors (Lipinski definition) is 2. The highest BCUT2D eigenvalue weighted by atomic mass is 32.1. The molecule has 0 fully saturated rings. The van der Waals surface area contributed by atoms with Gasteiger partial charge in [0, 0.05) is 57.0 Å². The Kier molecular flexibility index (Phi) is 8.14. The Morgan fingerprint density at radius 3 is 2.72 bits per heavy atom. The summed E-state index contributed by atoms with van der Waals surface area (Å²) in [6.07, 6.45) is 4.58. The van der Waals surface area contributed by atoms with Crippen LogP contribution < -0.4 is 15.4 Å². The van der Waals surface area contributed by atoms with Gasteiger partial charge in [-0.2, -0.15) is 0 Å². The van der Waals surface area contributed by atoms with Gasteiger partial charge in [0.25, 0.3) is 0 Å². The molecule has 0 saturated carbocycles. The Hall–Kier alpha value is -2.19. The number of guanidine groups is 1. The molecule has 25 heavy (non-hydrogen) atoms. The summed E-state index contributed by atoms with van der Waals surface area (Å²) >= 11 is 1.73. The first kappa shape index (κ1) is 19.1. The molecule has 0 atom stereocenters. The zero-order valence-electron chi connectivity index (χ0n) is 14.9. The molecule has 0 bridgehead atoms. The summed E-state index contributed by atoms with van der Waals surface area (Å²) in [7, 11) is 3.40.